The number of aromatic nitrogens is 1. The van der Waals surface area contributed by atoms with Crippen molar-refractivity contribution in [1.29, 1.82) is 0 Å². The lowest BCUT2D eigenvalue weighted by Gasteiger charge is -2.47. The molecule has 130 valence electrons. The first-order chi connectivity index (χ1) is 12.1. The molecule has 25 heavy (non-hydrogen) atoms. The Morgan fingerprint density at radius 2 is 2.20 bits per heavy atom. The van der Waals surface area contributed by atoms with Crippen LogP contribution in [0.2, 0.25) is 5.02 Å². The summed E-state index contributed by atoms with van der Waals surface area (Å²) in [5, 5.41) is 0.597. The Morgan fingerprint density at radius 1 is 1.32 bits per heavy atom. The molecular weight excluding hydrogens is 356 g/mol. The van der Waals surface area contributed by atoms with E-state index in [2.05, 4.69) is 4.98 Å². The molecule has 1 aromatic heterocycles. The van der Waals surface area contributed by atoms with E-state index in [1.165, 1.54) is 0 Å². The van der Waals surface area contributed by atoms with Gasteiger partial charge in [0.05, 0.1) is 23.2 Å². The van der Waals surface area contributed by atoms with Crippen molar-refractivity contribution in [3.8, 4) is 0 Å². The third-order valence-electron chi connectivity index (χ3n) is 4.68. The van der Waals surface area contributed by atoms with E-state index in [0.29, 0.717) is 17.2 Å². The average molecular weight is 375 g/mol. The van der Waals surface area contributed by atoms with Gasteiger partial charge < -0.3 is 9.64 Å². The van der Waals surface area contributed by atoms with Gasteiger partial charge in [0.2, 0.25) is 0 Å². The molecule has 2 fully saturated rings. The summed E-state index contributed by atoms with van der Waals surface area (Å²) in [6, 6.07) is 13.0. The number of carbonyl (C=O) groups is 1. The van der Waals surface area contributed by atoms with Crippen LogP contribution in [0.25, 0.3) is 0 Å². The van der Waals surface area contributed by atoms with Crippen molar-refractivity contribution in [2.75, 3.05) is 18.8 Å². The Balaban J connectivity index is 1.29. The fraction of sp³-hybridized carbons (Fsp3) is 0.368. The Kier molecular flexibility index (Phi) is 4.71. The maximum Gasteiger partial charge on any atom is 0.254 e. The van der Waals surface area contributed by atoms with Crippen LogP contribution < -0.4 is 0 Å². The third kappa shape index (κ3) is 3.68. The van der Waals surface area contributed by atoms with E-state index in [1.807, 2.05) is 47.0 Å². The van der Waals surface area contributed by atoms with Crippen molar-refractivity contribution in [1.82, 2.24) is 9.88 Å². The molecule has 1 atom stereocenters. The molecule has 0 saturated carbocycles. The molecular formula is C19H19ClN2O2S. The number of pyridine rings is 1. The van der Waals surface area contributed by atoms with Crippen LogP contribution in [0.15, 0.2) is 48.7 Å². The number of hydrogen-bond acceptors (Lipinski definition) is 4. The van der Waals surface area contributed by atoms with Crippen molar-refractivity contribution in [2.24, 2.45) is 0 Å². The van der Waals surface area contributed by atoms with Gasteiger partial charge in [-0.1, -0.05) is 23.7 Å². The third-order valence-corrected chi connectivity index (χ3v) is 6.50. The number of likely N-dealkylation sites (tertiary alicyclic amines) is 1. The highest BCUT2D eigenvalue weighted by Crippen LogP contribution is 2.46. The molecule has 3 heterocycles. The van der Waals surface area contributed by atoms with Crippen LogP contribution in [0.1, 0.15) is 22.5 Å². The van der Waals surface area contributed by atoms with E-state index < -0.39 is 0 Å². The van der Waals surface area contributed by atoms with Crippen LogP contribution in [0.3, 0.4) is 0 Å². The molecule has 0 bridgehead atoms. The highest BCUT2D eigenvalue weighted by Gasteiger charge is 2.51. The Bertz CT molecular complexity index is 765. The first kappa shape index (κ1) is 16.9. The first-order valence-electron chi connectivity index (χ1n) is 8.34. The van der Waals surface area contributed by atoms with E-state index >= 15 is 0 Å². The number of carbonyl (C=O) groups excluding carboxylic acids is 1. The van der Waals surface area contributed by atoms with Gasteiger partial charge in [-0.3, -0.25) is 9.78 Å². The molecule has 2 aliphatic heterocycles. The number of benzene rings is 1. The molecule has 4 rings (SSSR count). The lowest BCUT2D eigenvalue weighted by molar-refractivity contribution is 0.0245. The summed E-state index contributed by atoms with van der Waals surface area (Å²) < 4.78 is 6.17. The van der Waals surface area contributed by atoms with Gasteiger partial charge in [-0.25, -0.2) is 0 Å². The molecule has 2 aliphatic rings. The van der Waals surface area contributed by atoms with Gasteiger partial charge in [0.15, 0.2) is 0 Å². The normalized spacial score (nSPS) is 21.3. The number of ether oxygens (including phenoxy) is 1. The number of nitrogens with zero attached hydrogens (tertiary/aromatic N) is 2. The minimum atomic E-state index is 0.0616. The summed E-state index contributed by atoms with van der Waals surface area (Å²) in [4.78, 5) is 18.7. The smallest absolute Gasteiger partial charge is 0.254 e. The van der Waals surface area contributed by atoms with E-state index in [9.17, 15) is 4.79 Å². The molecule has 1 spiro atoms. The van der Waals surface area contributed by atoms with Crippen LogP contribution in [0, 0.1) is 0 Å². The maximum absolute atomic E-state index is 12.5. The fourth-order valence-corrected chi connectivity index (χ4v) is 5.16. The highest BCUT2D eigenvalue weighted by atomic mass is 35.5. The molecule has 0 unspecified atom stereocenters. The summed E-state index contributed by atoms with van der Waals surface area (Å²) in [6.45, 7) is 2.12. The number of hydrogen-bond donors (Lipinski definition) is 0. The van der Waals surface area contributed by atoms with Crippen LogP contribution >= 0.6 is 23.4 Å². The van der Waals surface area contributed by atoms with Crippen molar-refractivity contribution in [3.05, 3.63) is 64.9 Å². The monoisotopic (exact) mass is 374 g/mol. The Hall–Kier alpha value is -1.56. The molecule has 6 heteroatoms. The molecule has 0 aliphatic carbocycles. The second-order valence-corrected chi connectivity index (χ2v) is 8.55. The summed E-state index contributed by atoms with van der Waals surface area (Å²) in [5.74, 6) is 1.04. The summed E-state index contributed by atoms with van der Waals surface area (Å²) in [5.41, 5.74) is 1.62. The summed E-state index contributed by atoms with van der Waals surface area (Å²) in [6.07, 6.45) is 3.01. The minimum absolute atomic E-state index is 0.0616. The van der Waals surface area contributed by atoms with E-state index in [4.69, 9.17) is 16.3 Å². The van der Waals surface area contributed by atoms with Gasteiger partial charge in [-0.2, -0.15) is 0 Å². The lowest BCUT2D eigenvalue weighted by atomic mass is 9.92. The standard InChI is InChI=1S/C19H19ClN2O2S/c20-15-5-3-4-14(8-15)18(23)22-12-19(13-22)9-17(11-25-19)24-10-16-6-1-2-7-21-16/h1-8,17H,9-13H2/t17-/m1/s1. The van der Waals surface area contributed by atoms with E-state index in [0.717, 1.165) is 31.0 Å². The predicted molar refractivity (Wildman–Crippen MR) is 100.0 cm³/mol. The van der Waals surface area contributed by atoms with Gasteiger partial charge in [0.25, 0.3) is 5.91 Å². The largest absolute Gasteiger partial charge is 0.371 e. The number of amides is 1. The summed E-state index contributed by atoms with van der Waals surface area (Å²) in [7, 11) is 0. The number of thioether (sulfide) groups is 1. The average Bonchev–Trinajstić information content (AvgIpc) is 3.04. The van der Waals surface area contributed by atoms with Crippen molar-refractivity contribution in [2.45, 2.75) is 23.9 Å². The Morgan fingerprint density at radius 3 is 2.96 bits per heavy atom. The van der Waals surface area contributed by atoms with Gasteiger partial charge in [0, 0.05) is 35.6 Å². The molecule has 2 saturated heterocycles. The number of halogens is 1. The van der Waals surface area contributed by atoms with Crippen molar-refractivity contribution in [3.63, 3.8) is 0 Å². The van der Waals surface area contributed by atoms with Crippen LogP contribution in [0.5, 0.6) is 0 Å². The van der Waals surface area contributed by atoms with Gasteiger partial charge >= 0.3 is 0 Å². The van der Waals surface area contributed by atoms with Crippen LogP contribution in [-0.2, 0) is 11.3 Å². The van der Waals surface area contributed by atoms with E-state index in [1.54, 1.807) is 18.3 Å². The van der Waals surface area contributed by atoms with Crippen LogP contribution in [0.4, 0.5) is 0 Å². The molecule has 0 radical (unpaired) electrons. The van der Waals surface area contributed by atoms with Crippen molar-refractivity contribution < 1.29 is 9.53 Å². The van der Waals surface area contributed by atoms with Gasteiger partial charge in [0.1, 0.15) is 0 Å². The first-order valence-corrected chi connectivity index (χ1v) is 9.70. The minimum Gasteiger partial charge on any atom is -0.371 e. The molecule has 2 aromatic rings. The zero-order valence-corrected chi connectivity index (χ0v) is 15.3. The van der Waals surface area contributed by atoms with Crippen LogP contribution in [-0.4, -0.2) is 45.5 Å². The zero-order chi connectivity index (χ0) is 17.3. The zero-order valence-electron chi connectivity index (χ0n) is 13.7. The molecule has 1 amide bonds. The Labute approximate surface area is 156 Å². The maximum atomic E-state index is 12.5. The predicted octanol–water partition coefficient (Wildman–Crippen LogP) is 3.65. The quantitative estimate of drug-likeness (QED) is 0.819. The lowest BCUT2D eigenvalue weighted by Crippen LogP contribution is -2.60. The molecule has 4 nitrogen and oxygen atoms in total. The second kappa shape index (κ2) is 6.98. The SMILES string of the molecule is O=C(c1cccc(Cl)c1)N1CC2(C[C@@H](OCc3ccccn3)CS2)C1. The topological polar surface area (TPSA) is 42.4 Å². The second-order valence-electron chi connectivity index (χ2n) is 6.62. The highest BCUT2D eigenvalue weighted by molar-refractivity contribution is 8.01. The van der Waals surface area contributed by atoms with Gasteiger partial charge in [-0.15, -0.1) is 11.8 Å². The molecule has 0 N–H and O–H groups in total. The fourth-order valence-electron chi connectivity index (χ4n) is 3.41. The van der Waals surface area contributed by atoms with E-state index in [-0.39, 0.29) is 16.8 Å². The van der Waals surface area contributed by atoms with Crippen molar-refractivity contribution >= 4 is 29.3 Å². The van der Waals surface area contributed by atoms with Gasteiger partial charge in [-0.05, 0) is 36.8 Å². The molecule has 1 aromatic carbocycles. The number of rotatable bonds is 4. The summed E-state index contributed by atoms with van der Waals surface area (Å²) >= 11 is 7.91.